The van der Waals surface area contributed by atoms with Crippen molar-refractivity contribution in [2.24, 2.45) is 0 Å². The molecule has 2 amide bonds. The number of rotatable bonds is 4. The average Bonchev–Trinajstić information content (AvgIpc) is 2.51. The first-order chi connectivity index (χ1) is 10.8. The Morgan fingerprint density at radius 2 is 2.13 bits per heavy atom. The van der Waals surface area contributed by atoms with Crippen LogP contribution in [-0.2, 0) is 15.8 Å². The van der Waals surface area contributed by atoms with Gasteiger partial charge in [0.15, 0.2) is 0 Å². The predicted molar refractivity (Wildman–Crippen MR) is 77.6 cm³/mol. The fourth-order valence-electron chi connectivity index (χ4n) is 2.29. The van der Waals surface area contributed by atoms with Crippen LogP contribution < -0.4 is 4.90 Å². The summed E-state index contributed by atoms with van der Waals surface area (Å²) in [4.78, 5) is 30.0. The number of alkyl halides is 3. The molecule has 124 valence electrons. The summed E-state index contributed by atoms with van der Waals surface area (Å²) in [7, 11) is 0. The highest BCUT2D eigenvalue weighted by Gasteiger charge is 2.34. The van der Waals surface area contributed by atoms with E-state index in [4.69, 9.17) is 0 Å². The van der Waals surface area contributed by atoms with Gasteiger partial charge < -0.3 is 9.80 Å². The lowest BCUT2D eigenvalue weighted by molar-refractivity contribution is -0.141. The van der Waals surface area contributed by atoms with Crippen LogP contribution in [0.15, 0.2) is 31.0 Å². The van der Waals surface area contributed by atoms with Crippen LogP contribution in [0.25, 0.3) is 0 Å². The summed E-state index contributed by atoms with van der Waals surface area (Å²) < 4.78 is 38.1. The van der Waals surface area contributed by atoms with Gasteiger partial charge in [-0.25, -0.2) is 0 Å². The number of carbonyl (C=O) groups is 2. The van der Waals surface area contributed by atoms with Crippen molar-refractivity contribution in [2.75, 3.05) is 24.5 Å². The number of piperazine rings is 1. The second-order valence-electron chi connectivity index (χ2n) is 5.09. The number of carbonyl (C=O) groups excluding carboxylic acids is 2. The van der Waals surface area contributed by atoms with Gasteiger partial charge in [-0.05, 0) is 18.6 Å². The van der Waals surface area contributed by atoms with Crippen molar-refractivity contribution >= 4 is 17.5 Å². The lowest BCUT2D eigenvalue weighted by Crippen LogP contribution is -2.52. The molecule has 8 heteroatoms. The number of allylic oxidation sites excluding steroid dienone is 1. The Labute approximate surface area is 131 Å². The topological polar surface area (TPSA) is 53.5 Å². The maximum Gasteiger partial charge on any atom is 0.433 e. The minimum atomic E-state index is -4.57. The molecule has 2 rings (SSSR count). The SMILES string of the molecule is C=CCCC(=O)N1CCN(c2ccnc(C(F)(F)F)c2)C(=O)C1. The number of hydrogen-bond donors (Lipinski definition) is 0. The summed E-state index contributed by atoms with van der Waals surface area (Å²) in [5.74, 6) is -0.578. The lowest BCUT2D eigenvalue weighted by atomic mass is 10.2. The van der Waals surface area contributed by atoms with Crippen LogP contribution in [-0.4, -0.2) is 41.3 Å². The molecule has 0 aliphatic carbocycles. The Morgan fingerprint density at radius 1 is 1.39 bits per heavy atom. The molecular formula is C15H16F3N3O2. The molecule has 1 aliphatic rings. The maximum absolute atomic E-state index is 12.7. The second kappa shape index (κ2) is 6.80. The molecule has 0 atom stereocenters. The smallest absolute Gasteiger partial charge is 0.332 e. The number of aromatic nitrogens is 1. The van der Waals surface area contributed by atoms with Crippen molar-refractivity contribution in [1.82, 2.24) is 9.88 Å². The molecule has 2 heterocycles. The van der Waals surface area contributed by atoms with E-state index in [-0.39, 0.29) is 37.6 Å². The van der Waals surface area contributed by atoms with Crippen LogP contribution in [0.3, 0.4) is 0 Å². The number of pyridine rings is 1. The molecular weight excluding hydrogens is 311 g/mol. The molecule has 1 saturated heterocycles. The van der Waals surface area contributed by atoms with E-state index in [1.165, 1.54) is 15.9 Å². The molecule has 1 fully saturated rings. The quantitative estimate of drug-likeness (QED) is 0.797. The fraction of sp³-hybridized carbons (Fsp3) is 0.400. The van der Waals surface area contributed by atoms with E-state index in [9.17, 15) is 22.8 Å². The van der Waals surface area contributed by atoms with Gasteiger partial charge in [0.25, 0.3) is 0 Å². The van der Waals surface area contributed by atoms with Gasteiger partial charge in [-0.1, -0.05) is 6.08 Å². The minimum absolute atomic E-state index is 0.135. The van der Waals surface area contributed by atoms with Crippen LogP contribution in [0.1, 0.15) is 18.5 Å². The molecule has 1 aliphatic heterocycles. The number of nitrogens with zero attached hydrogens (tertiary/aromatic N) is 3. The van der Waals surface area contributed by atoms with Gasteiger partial charge in [-0.3, -0.25) is 14.6 Å². The Bertz CT molecular complexity index is 616. The Morgan fingerprint density at radius 3 is 2.74 bits per heavy atom. The molecule has 5 nitrogen and oxygen atoms in total. The average molecular weight is 327 g/mol. The van der Waals surface area contributed by atoms with Gasteiger partial charge in [-0.15, -0.1) is 6.58 Å². The number of halogens is 3. The molecule has 0 aromatic carbocycles. The Hall–Kier alpha value is -2.38. The van der Waals surface area contributed by atoms with Gasteiger partial charge >= 0.3 is 6.18 Å². The van der Waals surface area contributed by atoms with E-state index in [2.05, 4.69) is 11.6 Å². The zero-order chi connectivity index (χ0) is 17.0. The van der Waals surface area contributed by atoms with Crippen LogP contribution in [0.5, 0.6) is 0 Å². The summed E-state index contributed by atoms with van der Waals surface area (Å²) in [6.07, 6.45) is -1.14. The maximum atomic E-state index is 12.7. The van der Waals surface area contributed by atoms with E-state index in [1.54, 1.807) is 6.08 Å². The van der Waals surface area contributed by atoms with Crippen molar-refractivity contribution in [3.63, 3.8) is 0 Å². The molecule has 1 aromatic rings. The molecule has 0 radical (unpaired) electrons. The monoisotopic (exact) mass is 327 g/mol. The largest absolute Gasteiger partial charge is 0.433 e. The van der Waals surface area contributed by atoms with Crippen molar-refractivity contribution < 1.29 is 22.8 Å². The third-order valence-corrected chi connectivity index (χ3v) is 3.48. The zero-order valence-corrected chi connectivity index (χ0v) is 12.3. The van der Waals surface area contributed by atoms with Crippen LogP contribution in [0.2, 0.25) is 0 Å². The van der Waals surface area contributed by atoms with E-state index in [1.807, 2.05) is 0 Å². The fourth-order valence-corrected chi connectivity index (χ4v) is 2.29. The van der Waals surface area contributed by atoms with Crippen LogP contribution in [0.4, 0.5) is 18.9 Å². The number of hydrogen-bond acceptors (Lipinski definition) is 3. The lowest BCUT2D eigenvalue weighted by Gasteiger charge is -2.34. The minimum Gasteiger partial charge on any atom is -0.332 e. The predicted octanol–water partition coefficient (Wildman–Crippen LogP) is 2.24. The number of anilines is 1. The third-order valence-electron chi connectivity index (χ3n) is 3.48. The second-order valence-corrected chi connectivity index (χ2v) is 5.09. The molecule has 0 spiro atoms. The number of amides is 2. The van der Waals surface area contributed by atoms with Crippen molar-refractivity contribution in [2.45, 2.75) is 19.0 Å². The summed E-state index contributed by atoms with van der Waals surface area (Å²) in [5, 5.41) is 0. The molecule has 23 heavy (non-hydrogen) atoms. The van der Waals surface area contributed by atoms with Gasteiger partial charge in [0, 0.05) is 31.4 Å². The molecule has 0 N–H and O–H groups in total. The van der Waals surface area contributed by atoms with Gasteiger partial charge in [0.1, 0.15) is 12.2 Å². The Balaban J connectivity index is 2.08. The van der Waals surface area contributed by atoms with E-state index in [0.717, 1.165) is 12.3 Å². The van der Waals surface area contributed by atoms with E-state index >= 15 is 0 Å². The standard InChI is InChI=1S/C15H16F3N3O2/c1-2-3-4-13(22)20-7-8-21(14(23)10-20)11-5-6-19-12(9-11)15(16,17)18/h2,5-6,9H,1,3-4,7-8,10H2. The summed E-state index contributed by atoms with van der Waals surface area (Å²) >= 11 is 0. The zero-order valence-electron chi connectivity index (χ0n) is 12.3. The van der Waals surface area contributed by atoms with E-state index in [0.29, 0.717) is 6.42 Å². The van der Waals surface area contributed by atoms with Gasteiger partial charge in [0.2, 0.25) is 11.8 Å². The highest BCUT2D eigenvalue weighted by atomic mass is 19.4. The van der Waals surface area contributed by atoms with Crippen LogP contribution >= 0.6 is 0 Å². The van der Waals surface area contributed by atoms with Gasteiger partial charge in [-0.2, -0.15) is 13.2 Å². The normalized spacial score (nSPS) is 15.7. The molecule has 0 bridgehead atoms. The van der Waals surface area contributed by atoms with Crippen molar-refractivity contribution in [3.8, 4) is 0 Å². The molecule has 0 saturated carbocycles. The first-order valence-electron chi connectivity index (χ1n) is 7.05. The first-order valence-corrected chi connectivity index (χ1v) is 7.05. The summed E-state index contributed by atoms with van der Waals surface area (Å²) in [6.45, 7) is 3.83. The highest BCUT2D eigenvalue weighted by Crippen LogP contribution is 2.30. The Kier molecular flexibility index (Phi) is 5.02. The summed E-state index contributed by atoms with van der Waals surface area (Å²) in [6, 6.07) is 2.19. The van der Waals surface area contributed by atoms with E-state index < -0.39 is 17.8 Å². The first kappa shape index (κ1) is 17.0. The molecule has 1 aromatic heterocycles. The van der Waals surface area contributed by atoms with Gasteiger partial charge in [0.05, 0.1) is 0 Å². The molecule has 0 unspecified atom stereocenters. The van der Waals surface area contributed by atoms with Crippen LogP contribution in [0, 0.1) is 0 Å². The van der Waals surface area contributed by atoms with Crippen molar-refractivity contribution in [1.29, 1.82) is 0 Å². The highest BCUT2D eigenvalue weighted by molar-refractivity contribution is 5.97. The summed E-state index contributed by atoms with van der Waals surface area (Å²) in [5.41, 5.74) is -0.914. The van der Waals surface area contributed by atoms with Crippen molar-refractivity contribution in [3.05, 3.63) is 36.7 Å². The third kappa shape index (κ3) is 4.08.